The molecule has 0 bridgehead atoms. The summed E-state index contributed by atoms with van der Waals surface area (Å²) in [5.74, 6) is 0.384. The van der Waals surface area contributed by atoms with Gasteiger partial charge in [0, 0.05) is 5.56 Å². The molecule has 0 unspecified atom stereocenters. The lowest BCUT2D eigenvalue weighted by atomic mass is 9.91. The van der Waals surface area contributed by atoms with Crippen molar-refractivity contribution in [3.63, 3.8) is 0 Å². The van der Waals surface area contributed by atoms with Gasteiger partial charge in [-0.3, -0.25) is 0 Å². The van der Waals surface area contributed by atoms with Gasteiger partial charge in [-0.25, -0.2) is 0 Å². The van der Waals surface area contributed by atoms with Crippen molar-refractivity contribution in [2.45, 2.75) is 19.8 Å². The highest BCUT2D eigenvalue weighted by Gasteiger charge is 2.11. The van der Waals surface area contributed by atoms with Crippen molar-refractivity contribution in [3.8, 4) is 16.9 Å². The first-order chi connectivity index (χ1) is 10.8. The summed E-state index contributed by atoms with van der Waals surface area (Å²) in [7, 11) is 0. The molecule has 0 amide bonds. The van der Waals surface area contributed by atoms with Crippen molar-refractivity contribution in [2.24, 2.45) is 0 Å². The van der Waals surface area contributed by atoms with Crippen molar-refractivity contribution in [1.29, 1.82) is 0 Å². The molecule has 0 saturated heterocycles. The van der Waals surface area contributed by atoms with Crippen LogP contribution in [0.5, 0.6) is 5.75 Å². The van der Waals surface area contributed by atoms with E-state index in [1.54, 1.807) is 6.07 Å². The van der Waals surface area contributed by atoms with Crippen LogP contribution in [0.15, 0.2) is 72.8 Å². The van der Waals surface area contributed by atoms with Gasteiger partial charge in [0.2, 0.25) is 0 Å². The van der Waals surface area contributed by atoms with Crippen LogP contribution < -0.4 is 0 Å². The molecule has 3 rings (SSSR count). The van der Waals surface area contributed by atoms with E-state index in [4.69, 9.17) is 0 Å². The molecule has 0 radical (unpaired) electrons. The average molecular weight is 288 g/mol. The van der Waals surface area contributed by atoms with Gasteiger partial charge >= 0.3 is 0 Å². The number of rotatable bonds is 4. The maximum Gasteiger partial charge on any atom is 0.119 e. The number of benzene rings is 3. The predicted octanol–water partition coefficient (Wildman–Crippen LogP) is 5.21. The fourth-order valence-electron chi connectivity index (χ4n) is 2.95. The van der Waals surface area contributed by atoms with Crippen LogP contribution in [0.3, 0.4) is 0 Å². The van der Waals surface area contributed by atoms with E-state index in [2.05, 4.69) is 61.5 Å². The number of phenols is 1. The van der Waals surface area contributed by atoms with Crippen LogP contribution in [0.1, 0.15) is 23.6 Å². The van der Waals surface area contributed by atoms with Crippen LogP contribution in [0.25, 0.3) is 11.1 Å². The second-order valence-corrected chi connectivity index (χ2v) is 5.48. The van der Waals surface area contributed by atoms with Crippen molar-refractivity contribution in [3.05, 3.63) is 89.5 Å². The van der Waals surface area contributed by atoms with Gasteiger partial charge in [-0.2, -0.15) is 0 Å². The highest BCUT2D eigenvalue weighted by Crippen LogP contribution is 2.33. The summed E-state index contributed by atoms with van der Waals surface area (Å²) >= 11 is 0. The lowest BCUT2D eigenvalue weighted by molar-refractivity contribution is 0.469. The van der Waals surface area contributed by atoms with Crippen LogP contribution >= 0.6 is 0 Å². The molecule has 22 heavy (non-hydrogen) atoms. The zero-order valence-electron chi connectivity index (χ0n) is 12.8. The minimum absolute atomic E-state index is 0.384. The molecule has 1 heteroatoms. The maximum absolute atomic E-state index is 10.1. The largest absolute Gasteiger partial charge is 0.508 e. The Morgan fingerprint density at radius 1 is 0.727 bits per heavy atom. The zero-order chi connectivity index (χ0) is 15.4. The van der Waals surface area contributed by atoms with Gasteiger partial charge in [0.25, 0.3) is 0 Å². The van der Waals surface area contributed by atoms with E-state index in [0.717, 1.165) is 24.0 Å². The third-order valence-electron chi connectivity index (χ3n) is 4.05. The van der Waals surface area contributed by atoms with E-state index >= 15 is 0 Å². The molecule has 0 aliphatic carbocycles. The summed E-state index contributed by atoms with van der Waals surface area (Å²) in [6.07, 6.45) is 1.72. The first-order valence-corrected chi connectivity index (χ1v) is 7.72. The van der Waals surface area contributed by atoms with E-state index in [0.29, 0.717) is 5.75 Å². The Morgan fingerprint density at radius 2 is 1.41 bits per heavy atom. The topological polar surface area (TPSA) is 20.2 Å². The van der Waals surface area contributed by atoms with Crippen LogP contribution in [0, 0.1) is 0 Å². The predicted molar refractivity (Wildman–Crippen MR) is 92.2 cm³/mol. The second kappa shape index (κ2) is 6.48. The first kappa shape index (κ1) is 14.4. The van der Waals surface area contributed by atoms with Gasteiger partial charge in [0.15, 0.2) is 0 Å². The van der Waals surface area contributed by atoms with Crippen molar-refractivity contribution in [2.75, 3.05) is 0 Å². The van der Waals surface area contributed by atoms with Crippen molar-refractivity contribution in [1.82, 2.24) is 0 Å². The van der Waals surface area contributed by atoms with Gasteiger partial charge in [0.05, 0.1) is 0 Å². The lowest BCUT2D eigenvalue weighted by Gasteiger charge is -2.14. The molecule has 0 fully saturated rings. The molecule has 0 spiro atoms. The van der Waals surface area contributed by atoms with Gasteiger partial charge in [0.1, 0.15) is 5.75 Å². The molecule has 3 aromatic rings. The second-order valence-electron chi connectivity index (χ2n) is 5.48. The molecule has 0 aliphatic rings. The van der Waals surface area contributed by atoms with Gasteiger partial charge in [-0.05, 0) is 41.2 Å². The fraction of sp³-hybridized carbons (Fsp3) is 0.143. The maximum atomic E-state index is 10.1. The normalized spacial score (nSPS) is 10.6. The van der Waals surface area contributed by atoms with Crippen LogP contribution in [0.4, 0.5) is 0 Å². The average Bonchev–Trinajstić information content (AvgIpc) is 2.56. The van der Waals surface area contributed by atoms with E-state index in [1.807, 2.05) is 12.1 Å². The third-order valence-corrected chi connectivity index (χ3v) is 4.05. The zero-order valence-corrected chi connectivity index (χ0v) is 12.8. The van der Waals surface area contributed by atoms with E-state index < -0.39 is 0 Å². The minimum atomic E-state index is 0.384. The van der Waals surface area contributed by atoms with Crippen LogP contribution in [0.2, 0.25) is 0 Å². The Labute approximate surface area is 131 Å². The molecule has 1 nitrogen and oxygen atoms in total. The Balaban J connectivity index is 2.07. The summed E-state index contributed by atoms with van der Waals surface area (Å²) < 4.78 is 0. The van der Waals surface area contributed by atoms with Crippen LogP contribution in [-0.4, -0.2) is 5.11 Å². The molecule has 0 atom stereocenters. The molecule has 3 aromatic carbocycles. The summed E-state index contributed by atoms with van der Waals surface area (Å²) in [6.45, 7) is 2.08. The molecular formula is C21H20O. The van der Waals surface area contributed by atoms with Crippen molar-refractivity contribution < 1.29 is 5.11 Å². The Kier molecular flexibility index (Phi) is 4.24. The standard InChI is InChI=1S/C21H20O/c1-2-18-20(13-8-14-21(18)22)19-12-7-6-11-17(19)15-16-9-4-3-5-10-16/h3-14,22H,2,15H2,1H3. The number of hydrogen-bond acceptors (Lipinski definition) is 1. The highest BCUT2D eigenvalue weighted by atomic mass is 16.3. The summed E-state index contributed by atoms with van der Waals surface area (Å²) in [5.41, 5.74) is 5.94. The van der Waals surface area contributed by atoms with Crippen LogP contribution in [-0.2, 0) is 12.8 Å². The number of hydrogen-bond donors (Lipinski definition) is 1. The van der Waals surface area contributed by atoms with Crippen molar-refractivity contribution >= 4 is 0 Å². The lowest BCUT2D eigenvalue weighted by Crippen LogP contribution is -1.95. The Morgan fingerprint density at radius 3 is 2.18 bits per heavy atom. The third kappa shape index (κ3) is 2.89. The van der Waals surface area contributed by atoms with E-state index in [1.165, 1.54) is 16.7 Å². The highest BCUT2D eigenvalue weighted by molar-refractivity contribution is 5.73. The summed E-state index contributed by atoms with van der Waals surface area (Å²) in [6, 6.07) is 24.7. The molecule has 110 valence electrons. The van der Waals surface area contributed by atoms with Gasteiger partial charge in [-0.15, -0.1) is 0 Å². The van der Waals surface area contributed by atoms with Gasteiger partial charge in [-0.1, -0.05) is 73.7 Å². The summed E-state index contributed by atoms with van der Waals surface area (Å²) in [4.78, 5) is 0. The van der Waals surface area contributed by atoms with E-state index in [9.17, 15) is 5.11 Å². The molecule has 0 saturated carbocycles. The Bertz CT molecular complexity index is 760. The molecule has 0 aliphatic heterocycles. The smallest absolute Gasteiger partial charge is 0.119 e. The summed E-state index contributed by atoms with van der Waals surface area (Å²) in [5, 5.41) is 10.1. The quantitative estimate of drug-likeness (QED) is 0.698. The Hall–Kier alpha value is -2.54. The molecule has 1 N–H and O–H groups in total. The molecule has 0 heterocycles. The first-order valence-electron chi connectivity index (χ1n) is 7.72. The number of aromatic hydroxyl groups is 1. The molecule has 0 aromatic heterocycles. The number of phenolic OH excluding ortho intramolecular Hbond substituents is 1. The van der Waals surface area contributed by atoms with Gasteiger partial charge < -0.3 is 5.11 Å². The monoisotopic (exact) mass is 288 g/mol. The SMILES string of the molecule is CCc1c(O)cccc1-c1ccccc1Cc1ccccc1. The minimum Gasteiger partial charge on any atom is -0.508 e. The fourth-order valence-corrected chi connectivity index (χ4v) is 2.95. The molecular weight excluding hydrogens is 268 g/mol. The van der Waals surface area contributed by atoms with E-state index in [-0.39, 0.29) is 0 Å².